The molecule has 2 aromatic carbocycles. The zero-order valence-corrected chi connectivity index (χ0v) is 10.4. The van der Waals surface area contributed by atoms with Gasteiger partial charge in [0.25, 0.3) is 0 Å². The van der Waals surface area contributed by atoms with Crippen LogP contribution in [-0.2, 0) is 0 Å². The van der Waals surface area contributed by atoms with Crippen molar-refractivity contribution in [1.29, 1.82) is 0 Å². The topological polar surface area (TPSA) is 38.9 Å². The van der Waals surface area contributed by atoms with Gasteiger partial charge in [0.1, 0.15) is 5.01 Å². The maximum atomic E-state index is 5.99. The van der Waals surface area contributed by atoms with E-state index >= 15 is 0 Å². The van der Waals surface area contributed by atoms with E-state index in [0.29, 0.717) is 10.7 Å². The lowest BCUT2D eigenvalue weighted by atomic mass is 10.2. The first-order chi connectivity index (χ1) is 8.24. The maximum Gasteiger partial charge on any atom is 0.126 e. The summed E-state index contributed by atoms with van der Waals surface area (Å²) >= 11 is 7.61. The van der Waals surface area contributed by atoms with E-state index < -0.39 is 0 Å². The molecule has 3 aromatic rings. The molecule has 0 aliphatic rings. The normalized spacial score (nSPS) is 10.9. The maximum absolute atomic E-state index is 5.99. The van der Waals surface area contributed by atoms with E-state index in [1.807, 2.05) is 30.3 Å². The Balaban J connectivity index is 2.23. The summed E-state index contributed by atoms with van der Waals surface area (Å²) in [5, 5.41) is 1.58. The molecule has 2 nitrogen and oxygen atoms in total. The number of benzene rings is 2. The van der Waals surface area contributed by atoms with Gasteiger partial charge in [0.2, 0.25) is 0 Å². The fourth-order valence-electron chi connectivity index (χ4n) is 1.70. The average molecular weight is 261 g/mol. The van der Waals surface area contributed by atoms with Crippen LogP contribution in [0.2, 0.25) is 5.02 Å². The predicted octanol–water partition coefficient (Wildman–Crippen LogP) is 4.20. The van der Waals surface area contributed by atoms with Crippen LogP contribution in [0.3, 0.4) is 0 Å². The second-order valence-corrected chi connectivity index (χ2v) is 5.19. The van der Waals surface area contributed by atoms with Crippen molar-refractivity contribution < 1.29 is 0 Å². The van der Waals surface area contributed by atoms with Gasteiger partial charge in [-0.1, -0.05) is 23.7 Å². The monoisotopic (exact) mass is 260 g/mol. The van der Waals surface area contributed by atoms with Gasteiger partial charge in [0, 0.05) is 16.3 Å². The number of nitrogen functional groups attached to an aromatic ring is 1. The summed E-state index contributed by atoms with van der Waals surface area (Å²) in [6.45, 7) is 0. The van der Waals surface area contributed by atoms with Gasteiger partial charge >= 0.3 is 0 Å². The molecule has 3 rings (SSSR count). The summed E-state index contributed by atoms with van der Waals surface area (Å²) in [5.74, 6) is 0. The molecule has 0 atom stereocenters. The lowest BCUT2D eigenvalue weighted by Gasteiger charge is -2.01. The standard InChI is InChI=1S/C13H9ClN2S/c14-8-5-6-10(15)9(7-8)13-16-11-3-1-2-4-12(11)17-13/h1-7H,15H2. The number of halogens is 1. The highest BCUT2D eigenvalue weighted by atomic mass is 35.5. The van der Waals surface area contributed by atoms with E-state index in [1.165, 1.54) is 0 Å². The van der Waals surface area contributed by atoms with Crippen molar-refractivity contribution in [3.63, 3.8) is 0 Å². The van der Waals surface area contributed by atoms with Gasteiger partial charge in [0.05, 0.1) is 10.2 Å². The Morgan fingerprint density at radius 3 is 2.76 bits per heavy atom. The molecule has 0 radical (unpaired) electrons. The minimum absolute atomic E-state index is 0.674. The minimum Gasteiger partial charge on any atom is -0.398 e. The molecule has 1 aromatic heterocycles. The van der Waals surface area contributed by atoms with Gasteiger partial charge in [0.15, 0.2) is 0 Å². The number of hydrogen-bond donors (Lipinski definition) is 1. The first kappa shape index (κ1) is 10.6. The van der Waals surface area contributed by atoms with Crippen LogP contribution >= 0.6 is 22.9 Å². The molecule has 0 amide bonds. The Morgan fingerprint density at radius 2 is 1.94 bits per heavy atom. The average Bonchev–Trinajstić information content (AvgIpc) is 2.75. The van der Waals surface area contributed by atoms with Gasteiger partial charge < -0.3 is 5.73 Å². The first-order valence-corrected chi connectivity index (χ1v) is 6.34. The van der Waals surface area contributed by atoms with Crippen molar-refractivity contribution in [3.8, 4) is 10.6 Å². The molecule has 17 heavy (non-hydrogen) atoms. The zero-order chi connectivity index (χ0) is 11.8. The fraction of sp³-hybridized carbons (Fsp3) is 0. The number of fused-ring (bicyclic) bond motifs is 1. The van der Waals surface area contributed by atoms with Crippen molar-refractivity contribution >= 4 is 38.8 Å². The van der Waals surface area contributed by atoms with Crippen molar-refractivity contribution in [2.24, 2.45) is 0 Å². The summed E-state index contributed by atoms with van der Waals surface area (Å²) in [7, 11) is 0. The van der Waals surface area contributed by atoms with Crippen LogP contribution < -0.4 is 5.73 Å². The van der Waals surface area contributed by atoms with Gasteiger partial charge in [-0.3, -0.25) is 0 Å². The zero-order valence-electron chi connectivity index (χ0n) is 8.85. The summed E-state index contributed by atoms with van der Waals surface area (Å²) < 4.78 is 1.15. The minimum atomic E-state index is 0.674. The summed E-state index contributed by atoms with van der Waals surface area (Å²) in [4.78, 5) is 4.56. The van der Waals surface area contributed by atoms with Gasteiger partial charge in [-0.2, -0.15) is 0 Å². The second-order valence-electron chi connectivity index (χ2n) is 3.72. The number of nitrogens with two attached hydrogens (primary N) is 1. The smallest absolute Gasteiger partial charge is 0.126 e. The SMILES string of the molecule is Nc1ccc(Cl)cc1-c1nc2ccccc2s1. The Labute approximate surface area is 108 Å². The van der Waals surface area contributed by atoms with Gasteiger partial charge in [-0.05, 0) is 30.3 Å². The van der Waals surface area contributed by atoms with E-state index in [2.05, 4.69) is 11.1 Å². The molecule has 0 bridgehead atoms. The third-order valence-corrected chi connectivity index (χ3v) is 3.84. The van der Waals surface area contributed by atoms with E-state index in [9.17, 15) is 0 Å². The van der Waals surface area contributed by atoms with Gasteiger partial charge in [-0.25, -0.2) is 4.98 Å². The van der Waals surface area contributed by atoms with E-state index in [-0.39, 0.29) is 0 Å². The Kier molecular flexibility index (Phi) is 2.50. The molecule has 84 valence electrons. The molecule has 0 aliphatic heterocycles. The van der Waals surface area contributed by atoms with Crippen LogP contribution in [0.15, 0.2) is 42.5 Å². The predicted molar refractivity (Wildman–Crippen MR) is 74.5 cm³/mol. The van der Waals surface area contributed by atoms with Crippen LogP contribution in [0, 0.1) is 0 Å². The molecule has 1 heterocycles. The quantitative estimate of drug-likeness (QED) is 0.666. The van der Waals surface area contributed by atoms with Crippen LogP contribution in [0.4, 0.5) is 5.69 Å². The highest BCUT2D eigenvalue weighted by Crippen LogP contribution is 2.34. The second kappa shape index (κ2) is 4.02. The van der Waals surface area contributed by atoms with Crippen molar-refractivity contribution in [2.75, 3.05) is 5.73 Å². The number of thiazole rings is 1. The molecule has 0 spiro atoms. The fourth-order valence-corrected chi connectivity index (χ4v) is 2.88. The third kappa shape index (κ3) is 1.88. The van der Waals surface area contributed by atoms with Crippen LogP contribution in [0.25, 0.3) is 20.8 Å². The van der Waals surface area contributed by atoms with Gasteiger partial charge in [-0.15, -0.1) is 11.3 Å². The highest BCUT2D eigenvalue weighted by Gasteiger charge is 2.09. The van der Waals surface area contributed by atoms with E-state index in [0.717, 1.165) is 20.8 Å². The van der Waals surface area contributed by atoms with E-state index in [1.54, 1.807) is 17.4 Å². The molecule has 0 saturated heterocycles. The molecule has 0 unspecified atom stereocenters. The van der Waals surface area contributed by atoms with Crippen LogP contribution in [0.5, 0.6) is 0 Å². The van der Waals surface area contributed by atoms with Crippen molar-refractivity contribution in [1.82, 2.24) is 4.98 Å². The largest absolute Gasteiger partial charge is 0.398 e. The number of nitrogens with zero attached hydrogens (tertiary/aromatic N) is 1. The molecule has 0 fully saturated rings. The third-order valence-electron chi connectivity index (χ3n) is 2.54. The Bertz CT molecular complexity index is 658. The Hall–Kier alpha value is -1.58. The first-order valence-electron chi connectivity index (χ1n) is 5.15. The lowest BCUT2D eigenvalue weighted by molar-refractivity contribution is 1.48. The summed E-state index contributed by atoms with van der Waals surface area (Å²) in [6.07, 6.45) is 0. The molecule has 4 heteroatoms. The van der Waals surface area contributed by atoms with Crippen molar-refractivity contribution in [3.05, 3.63) is 47.5 Å². The molecule has 0 aliphatic carbocycles. The van der Waals surface area contributed by atoms with E-state index in [4.69, 9.17) is 17.3 Å². The summed E-state index contributed by atoms with van der Waals surface area (Å²) in [6, 6.07) is 13.5. The van der Waals surface area contributed by atoms with Crippen LogP contribution in [0.1, 0.15) is 0 Å². The number of hydrogen-bond acceptors (Lipinski definition) is 3. The summed E-state index contributed by atoms with van der Waals surface area (Å²) in [5.41, 5.74) is 8.55. The highest BCUT2D eigenvalue weighted by molar-refractivity contribution is 7.21. The lowest BCUT2D eigenvalue weighted by Crippen LogP contribution is -1.88. The number of para-hydroxylation sites is 1. The van der Waals surface area contributed by atoms with Crippen molar-refractivity contribution in [2.45, 2.75) is 0 Å². The number of anilines is 1. The molecule has 0 saturated carbocycles. The number of rotatable bonds is 1. The number of aromatic nitrogens is 1. The molecule has 2 N–H and O–H groups in total. The molecular weight excluding hydrogens is 252 g/mol. The van der Waals surface area contributed by atoms with Crippen LogP contribution in [-0.4, -0.2) is 4.98 Å². The Morgan fingerprint density at radius 1 is 1.12 bits per heavy atom. The molecular formula is C13H9ClN2S.